The predicted octanol–water partition coefficient (Wildman–Crippen LogP) is 5.90. The lowest BCUT2D eigenvalue weighted by Gasteiger charge is -2.35. The number of carbonyl (C=O) groups excluding carboxylic acids is 3. The number of carbonyl (C=O) groups is 2. The molecule has 7 nitrogen and oxygen atoms in total. The van der Waals surface area contributed by atoms with Gasteiger partial charge in [0.2, 0.25) is 5.91 Å². The molecule has 0 atom stereocenters. The summed E-state index contributed by atoms with van der Waals surface area (Å²) in [7, 11) is 1.60. The van der Waals surface area contributed by atoms with Crippen LogP contribution in [0, 0.1) is 13.8 Å². The molecule has 1 heterocycles. The molecule has 0 bridgehead atoms. The first kappa shape index (κ1) is 28.7. The zero-order chi connectivity index (χ0) is 28.6. The number of para-hydroxylation sites is 1. The van der Waals surface area contributed by atoms with E-state index in [1.54, 1.807) is 43.2 Å². The van der Waals surface area contributed by atoms with Crippen molar-refractivity contribution in [3.63, 3.8) is 0 Å². The SMILES string of the molecule is COc1ccc(C(=O)Nc2c(C)ccc(C3CCN(C(=C=O)CCN(C(C)=O)c4ccccc4)CC3)c2C)cc1. The minimum Gasteiger partial charge on any atom is -0.497 e. The largest absolute Gasteiger partial charge is 0.497 e. The molecule has 3 aromatic carbocycles. The molecule has 2 amide bonds. The molecule has 1 N–H and O–H groups in total. The Bertz CT molecular complexity index is 1390. The van der Waals surface area contributed by atoms with Crippen molar-refractivity contribution >= 4 is 29.1 Å². The number of amides is 2. The van der Waals surface area contributed by atoms with Gasteiger partial charge in [0.1, 0.15) is 17.4 Å². The van der Waals surface area contributed by atoms with Crippen LogP contribution in [0.3, 0.4) is 0 Å². The van der Waals surface area contributed by atoms with Crippen molar-refractivity contribution in [1.29, 1.82) is 0 Å². The summed E-state index contributed by atoms with van der Waals surface area (Å²) in [6.45, 7) is 7.51. The van der Waals surface area contributed by atoms with Gasteiger partial charge in [0.15, 0.2) is 0 Å². The summed E-state index contributed by atoms with van der Waals surface area (Å²) in [5, 5.41) is 3.12. The lowest BCUT2D eigenvalue weighted by molar-refractivity contribution is -0.116. The summed E-state index contributed by atoms with van der Waals surface area (Å²) in [5.41, 5.74) is 6.16. The number of hydrogen-bond donors (Lipinski definition) is 1. The van der Waals surface area contributed by atoms with Crippen LogP contribution >= 0.6 is 0 Å². The molecule has 0 spiro atoms. The number of nitrogens with one attached hydrogen (secondary N) is 1. The quantitative estimate of drug-likeness (QED) is 0.343. The second-order valence-electron chi connectivity index (χ2n) is 10.2. The molecule has 4 rings (SSSR count). The molecule has 0 aliphatic carbocycles. The third-order valence-corrected chi connectivity index (χ3v) is 7.76. The number of rotatable bonds is 9. The maximum atomic E-state index is 13.0. The van der Waals surface area contributed by atoms with Crippen LogP contribution < -0.4 is 15.0 Å². The first-order valence-electron chi connectivity index (χ1n) is 13.7. The average molecular weight is 540 g/mol. The second-order valence-corrected chi connectivity index (χ2v) is 10.2. The van der Waals surface area contributed by atoms with Crippen molar-refractivity contribution in [1.82, 2.24) is 4.90 Å². The zero-order valence-electron chi connectivity index (χ0n) is 23.7. The Morgan fingerprint density at radius 3 is 2.27 bits per heavy atom. The Morgan fingerprint density at radius 1 is 1.00 bits per heavy atom. The van der Waals surface area contributed by atoms with Crippen molar-refractivity contribution in [2.45, 2.75) is 46.0 Å². The van der Waals surface area contributed by atoms with E-state index in [4.69, 9.17) is 4.74 Å². The van der Waals surface area contributed by atoms with Gasteiger partial charge in [0, 0.05) is 49.9 Å². The van der Waals surface area contributed by atoms with Gasteiger partial charge in [-0.2, -0.15) is 0 Å². The Labute approximate surface area is 236 Å². The molecule has 1 fully saturated rings. The molecule has 7 heteroatoms. The molecular formula is C33H37N3O4. The summed E-state index contributed by atoms with van der Waals surface area (Å²) in [6, 6.07) is 20.8. The van der Waals surface area contributed by atoms with Crippen LogP contribution in [0.25, 0.3) is 0 Å². The van der Waals surface area contributed by atoms with Crippen LogP contribution in [0.1, 0.15) is 59.2 Å². The summed E-state index contributed by atoms with van der Waals surface area (Å²) in [6.07, 6.45) is 2.22. The van der Waals surface area contributed by atoms with Gasteiger partial charge < -0.3 is 19.9 Å². The van der Waals surface area contributed by atoms with Crippen molar-refractivity contribution in [2.24, 2.45) is 0 Å². The van der Waals surface area contributed by atoms with Crippen LogP contribution in [-0.2, 0) is 9.59 Å². The highest BCUT2D eigenvalue weighted by Crippen LogP contribution is 2.35. The number of nitrogens with zero attached hydrogens (tertiary/aromatic N) is 2. The van der Waals surface area contributed by atoms with Crippen LogP contribution in [0.4, 0.5) is 11.4 Å². The molecule has 1 aliphatic rings. The zero-order valence-corrected chi connectivity index (χ0v) is 23.7. The lowest BCUT2D eigenvalue weighted by Crippen LogP contribution is -2.36. The molecule has 1 aliphatic heterocycles. The van der Waals surface area contributed by atoms with Gasteiger partial charge in [-0.25, -0.2) is 4.79 Å². The van der Waals surface area contributed by atoms with E-state index >= 15 is 0 Å². The monoisotopic (exact) mass is 539 g/mol. The molecule has 0 saturated carbocycles. The Kier molecular flexibility index (Phi) is 9.41. The van der Waals surface area contributed by atoms with Gasteiger partial charge in [-0.15, -0.1) is 0 Å². The third-order valence-electron chi connectivity index (χ3n) is 7.76. The lowest BCUT2D eigenvalue weighted by atomic mass is 9.85. The smallest absolute Gasteiger partial charge is 0.255 e. The van der Waals surface area contributed by atoms with E-state index in [0.29, 0.717) is 35.9 Å². The second kappa shape index (κ2) is 13.1. The number of ether oxygens (including phenoxy) is 1. The highest BCUT2D eigenvalue weighted by atomic mass is 16.5. The van der Waals surface area contributed by atoms with Crippen LogP contribution in [-0.4, -0.2) is 49.4 Å². The van der Waals surface area contributed by atoms with Gasteiger partial charge in [0.25, 0.3) is 5.91 Å². The average Bonchev–Trinajstić information content (AvgIpc) is 2.98. The van der Waals surface area contributed by atoms with E-state index < -0.39 is 0 Å². The minimum absolute atomic E-state index is 0.0557. The Morgan fingerprint density at radius 2 is 1.68 bits per heavy atom. The fourth-order valence-electron chi connectivity index (χ4n) is 5.45. The molecule has 3 aromatic rings. The molecule has 208 valence electrons. The highest BCUT2D eigenvalue weighted by molar-refractivity contribution is 6.05. The van der Waals surface area contributed by atoms with Gasteiger partial charge in [-0.1, -0.05) is 30.3 Å². The van der Waals surface area contributed by atoms with E-state index in [1.807, 2.05) is 37.3 Å². The van der Waals surface area contributed by atoms with Crippen LogP contribution in [0.2, 0.25) is 0 Å². The van der Waals surface area contributed by atoms with E-state index in [9.17, 15) is 14.4 Å². The highest BCUT2D eigenvalue weighted by Gasteiger charge is 2.26. The number of aryl methyl sites for hydroxylation is 1. The summed E-state index contributed by atoms with van der Waals surface area (Å²) in [4.78, 5) is 40.9. The minimum atomic E-state index is -0.156. The molecular weight excluding hydrogens is 502 g/mol. The maximum absolute atomic E-state index is 13.0. The fraction of sp³-hybridized carbons (Fsp3) is 0.333. The summed E-state index contributed by atoms with van der Waals surface area (Å²) in [5.74, 6) is 2.96. The predicted molar refractivity (Wildman–Crippen MR) is 159 cm³/mol. The van der Waals surface area contributed by atoms with Gasteiger partial charge in [0.05, 0.1) is 7.11 Å². The Hall–Kier alpha value is -4.35. The number of anilines is 2. The summed E-state index contributed by atoms with van der Waals surface area (Å²) < 4.78 is 5.20. The standard InChI is InChI=1S/C33H37N3O4/c1-23-10-15-31(24(2)32(23)34-33(39)27-11-13-30(40-4)14-12-27)26-16-19-35(20-17-26)29(22-37)18-21-36(25(3)38)28-8-6-5-7-9-28/h5-15,26H,16-21H2,1-4H3,(H,34,39). The molecule has 40 heavy (non-hydrogen) atoms. The van der Waals surface area contributed by atoms with Crippen LogP contribution in [0.5, 0.6) is 5.75 Å². The van der Waals surface area contributed by atoms with Crippen molar-refractivity contribution in [2.75, 3.05) is 37.0 Å². The van der Waals surface area contributed by atoms with Crippen molar-refractivity contribution < 1.29 is 19.1 Å². The van der Waals surface area contributed by atoms with Crippen LogP contribution in [0.15, 0.2) is 72.4 Å². The maximum Gasteiger partial charge on any atom is 0.255 e. The Balaban J connectivity index is 1.40. The van der Waals surface area contributed by atoms with Gasteiger partial charge >= 0.3 is 0 Å². The normalized spacial score (nSPS) is 13.3. The van der Waals surface area contributed by atoms with E-state index in [-0.39, 0.29) is 11.8 Å². The summed E-state index contributed by atoms with van der Waals surface area (Å²) >= 11 is 0. The van der Waals surface area contributed by atoms with Gasteiger partial charge in [-0.05, 0) is 85.7 Å². The number of piperidine rings is 1. The van der Waals surface area contributed by atoms with Crippen molar-refractivity contribution in [3.8, 4) is 5.75 Å². The number of benzene rings is 3. The topological polar surface area (TPSA) is 79.0 Å². The molecule has 0 unspecified atom stereocenters. The van der Waals surface area contributed by atoms with E-state index in [0.717, 1.165) is 48.4 Å². The molecule has 0 aromatic heterocycles. The molecule has 0 radical (unpaired) electrons. The van der Waals surface area contributed by atoms with E-state index in [2.05, 4.69) is 35.2 Å². The fourth-order valence-corrected chi connectivity index (χ4v) is 5.45. The first-order chi connectivity index (χ1) is 19.3. The van der Waals surface area contributed by atoms with E-state index in [1.165, 1.54) is 5.56 Å². The third kappa shape index (κ3) is 6.61. The van der Waals surface area contributed by atoms with Crippen molar-refractivity contribution in [3.05, 3.63) is 94.7 Å². The first-order valence-corrected chi connectivity index (χ1v) is 13.7. The number of hydrogen-bond acceptors (Lipinski definition) is 5. The van der Waals surface area contributed by atoms with Gasteiger partial charge in [-0.3, -0.25) is 9.59 Å². The number of methoxy groups -OCH3 is 1. The number of likely N-dealkylation sites (tertiary alicyclic amines) is 1. The molecule has 1 saturated heterocycles.